The highest BCUT2D eigenvalue weighted by Gasteiger charge is 2.27. The Labute approximate surface area is 207 Å². The first-order chi connectivity index (χ1) is 16.5. The van der Waals surface area contributed by atoms with E-state index in [0.717, 1.165) is 6.26 Å². The number of aliphatic hydroxyl groups excluding tert-OH is 1. The van der Waals surface area contributed by atoms with E-state index in [2.05, 4.69) is 5.10 Å². The van der Waals surface area contributed by atoms with Gasteiger partial charge in [0, 0.05) is 44.9 Å². The average Bonchev–Trinajstić information content (AvgIpc) is 3.39. The summed E-state index contributed by atoms with van der Waals surface area (Å²) in [6.45, 7) is -0.103. The minimum absolute atomic E-state index is 0.00481. The molecular weight excluding hydrogens is 498 g/mol. The van der Waals surface area contributed by atoms with E-state index in [1.807, 2.05) is 0 Å². The number of ketones is 1. The molecule has 0 radical (unpaired) electrons. The van der Waals surface area contributed by atoms with Crippen molar-refractivity contribution >= 4 is 33.2 Å². The van der Waals surface area contributed by atoms with Crippen LogP contribution in [0, 0.1) is 0 Å². The summed E-state index contributed by atoms with van der Waals surface area (Å²) in [7, 11) is -0.328. The van der Waals surface area contributed by atoms with Gasteiger partial charge in [0.25, 0.3) is 0 Å². The first-order valence-electron chi connectivity index (χ1n) is 10.7. The smallest absolute Gasteiger partial charge is 0.346 e. The molecule has 188 valence electrons. The lowest BCUT2D eigenvalue weighted by molar-refractivity contribution is -0.00266. The number of benzene rings is 1. The largest absolute Gasteiger partial charge is 0.403 e. The van der Waals surface area contributed by atoms with Crippen molar-refractivity contribution in [1.29, 1.82) is 0 Å². The molecule has 3 aromatic rings. The predicted molar refractivity (Wildman–Crippen MR) is 128 cm³/mol. The van der Waals surface area contributed by atoms with Crippen molar-refractivity contribution in [2.75, 3.05) is 19.7 Å². The van der Waals surface area contributed by atoms with E-state index < -0.39 is 28.4 Å². The summed E-state index contributed by atoms with van der Waals surface area (Å²) in [4.78, 5) is 26.0. The zero-order valence-corrected chi connectivity index (χ0v) is 21.1. The molecule has 1 aromatic carbocycles. The van der Waals surface area contributed by atoms with Crippen LogP contribution in [0.25, 0.3) is 0 Å². The van der Waals surface area contributed by atoms with Gasteiger partial charge in [-0.25, -0.2) is 17.9 Å². The Kier molecular flexibility index (Phi) is 8.49. The Balaban J connectivity index is 1.94. The number of hydrogen-bond donors (Lipinski definition) is 1. The normalized spacial score (nSPS) is 11.6. The number of carbonyl (C=O) groups is 2. The van der Waals surface area contributed by atoms with Crippen LogP contribution in [0.1, 0.15) is 44.7 Å². The molecule has 0 unspecified atom stereocenters. The molecule has 0 saturated carbocycles. The molecule has 0 aliphatic heterocycles. The van der Waals surface area contributed by atoms with Gasteiger partial charge in [-0.05, 0) is 43.0 Å². The summed E-state index contributed by atoms with van der Waals surface area (Å²) < 4.78 is 38.0. The van der Waals surface area contributed by atoms with Crippen LogP contribution < -0.4 is 4.74 Å². The van der Waals surface area contributed by atoms with Gasteiger partial charge in [-0.1, -0.05) is 11.6 Å². The van der Waals surface area contributed by atoms with Crippen LogP contribution in [-0.2, 0) is 35.1 Å². The third-order valence-electron chi connectivity index (χ3n) is 5.29. The van der Waals surface area contributed by atoms with Gasteiger partial charge < -0.3 is 19.1 Å². The lowest BCUT2D eigenvalue weighted by Gasteiger charge is -2.14. The number of hydrogen-bond acceptors (Lipinski definition) is 8. The molecule has 3 rings (SSSR count). The predicted octanol–water partition coefficient (Wildman–Crippen LogP) is 2.55. The van der Waals surface area contributed by atoms with Crippen molar-refractivity contribution in [1.82, 2.24) is 14.3 Å². The molecule has 12 heteroatoms. The number of aromatic nitrogens is 3. The maximum atomic E-state index is 13.4. The average molecular weight is 524 g/mol. The highest BCUT2D eigenvalue weighted by atomic mass is 35.5. The third-order valence-corrected chi connectivity index (χ3v) is 6.90. The SMILES string of the molecule is Cn1ccc(C(=O)Oc2c(C(=O)c3ccc(S(C)(=O)=O)c(CCCCOCO)c3Cl)cnn2C)c1. The number of nitrogens with zero attached hydrogens (tertiary/aromatic N) is 3. The zero-order chi connectivity index (χ0) is 25.8. The van der Waals surface area contributed by atoms with Gasteiger partial charge in [0.05, 0.1) is 21.7 Å². The number of carbonyl (C=O) groups excluding carboxylic acids is 2. The number of sulfone groups is 1. The fourth-order valence-electron chi connectivity index (χ4n) is 3.55. The van der Waals surface area contributed by atoms with Crippen LogP contribution in [0.3, 0.4) is 0 Å². The van der Waals surface area contributed by atoms with Crippen LogP contribution in [0.4, 0.5) is 0 Å². The van der Waals surface area contributed by atoms with Gasteiger partial charge in [-0.2, -0.15) is 5.10 Å². The molecule has 0 aliphatic carbocycles. The maximum Gasteiger partial charge on any atom is 0.346 e. The Hall–Kier alpha value is -2.99. The Bertz CT molecular complexity index is 1350. The topological polar surface area (TPSA) is 130 Å². The second-order valence-electron chi connectivity index (χ2n) is 7.94. The summed E-state index contributed by atoms with van der Waals surface area (Å²) in [6, 6.07) is 4.27. The van der Waals surface area contributed by atoms with Crippen molar-refractivity contribution in [2.45, 2.75) is 24.2 Å². The van der Waals surface area contributed by atoms with Gasteiger partial charge in [-0.3, -0.25) is 4.79 Å². The number of aryl methyl sites for hydroxylation is 2. The number of unbranched alkanes of at least 4 members (excludes halogenated alkanes) is 1. The number of ether oxygens (including phenoxy) is 2. The molecule has 10 nitrogen and oxygen atoms in total. The second kappa shape index (κ2) is 11.2. The molecule has 2 heterocycles. The van der Waals surface area contributed by atoms with E-state index in [0.29, 0.717) is 30.6 Å². The second-order valence-corrected chi connectivity index (χ2v) is 10.3. The van der Waals surface area contributed by atoms with Crippen molar-refractivity contribution < 1.29 is 32.6 Å². The molecule has 0 spiro atoms. The summed E-state index contributed by atoms with van der Waals surface area (Å²) in [5, 5.41) is 12.8. The van der Waals surface area contributed by atoms with E-state index in [-0.39, 0.29) is 33.3 Å². The van der Waals surface area contributed by atoms with Crippen LogP contribution in [0.5, 0.6) is 5.88 Å². The molecule has 35 heavy (non-hydrogen) atoms. The molecule has 0 saturated heterocycles. The number of aliphatic hydroxyl groups is 1. The minimum atomic E-state index is -3.61. The number of halogens is 1. The first kappa shape index (κ1) is 26.6. The van der Waals surface area contributed by atoms with Gasteiger partial charge in [-0.15, -0.1) is 0 Å². The van der Waals surface area contributed by atoms with Gasteiger partial charge in [0.2, 0.25) is 11.7 Å². The molecule has 0 fully saturated rings. The van der Waals surface area contributed by atoms with Crippen molar-refractivity contribution in [3.05, 3.63) is 64.1 Å². The van der Waals surface area contributed by atoms with Gasteiger partial charge in [0.15, 0.2) is 9.84 Å². The molecule has 1 N–H and O–H groups in total. The molecule has 0 amide bonds. The maximum absolute atomic E-state index is 13.4. The highest BCUT2D eigenvalue weighted by Crippen LogP contribution is 2.32. The van der Waals surface area contributed by atoms with Crippen molar-refractivity contribution in [2.24, 2.45) is 14.1 Å². The van der Waals surface area contributed by atoms with Crippen LogP contribution in [0.2, 0.25) is 5.02 Å². The summed E-state index contributed by atoms with van der Waals surface area (Å²) >= 11 is 6.57. The third kappa shape index (κ3) is 6.17. The molecule has 0 aliphatic rings. The van der Waals surface area contributed by atoms with Crippen LogP contribution in [-0.4, -0.2) is 59.3 Å². The monoisotopic (exact) mass is 523 g/mol. The Morgan fingerprint density at radius 3 is 2.51 bits per heavy atom. The molecule has 2 aromatic heterocycles. The number of esters is 1. The minimum Gasteiger partial charge on any atom is -0.403 e. The van der Waals surface area contributed by atoms with E-state index >= 15 is 0 Å². The van der Waals surface area contributed by atoms with Crippen LogP contribution in [0.15, 0.2) is 41.7 Å². The number of rotatable bonds is 11. The molecule has 0 bridgehead atoms. The first-order valence-corrected chi connectivity index (χ1v) is 12.9. The fourth-order valence-corrected chi connectivity index (χ4v) is 4.92. The van der Waals surface area contributed by atoms with E-state index in [9.17, 15) is 18.0 Å². The lowest BCUT2D eigenvalue weighted by atomic mass is 10.00. The van der Waals surface area contributed by atoms with Crippen LogP contribution >= 0.6 is 11.6 Å². The van der Waals surface area contributed by atoms with Gasteiger partial charge >= 0.3 is 5.97 Å². The lowest BCUT2D eigenvalue weighted by Crippen LogP contribution is -2.14. The summed E-state index contributed by atoms with van der Waals surface area (Å²) in [5.41, 5.74) is 0.685. The van der Waals surface area contributed by atoms with Crippen molar-refractivity contribution in [3.8, 4) is 5.88 Å². The highest BCUT2D eigenvalue weighted by molar-refractivity contribution is 7.90. The standard InChI is InChI=1S/C23H26ClN3O7S/c1-26-10-9-15(13-26)23(30)34-22-18(12-25-27(22)2)21(29)17-7-8-19(35(3,31)32)16(20(17)24)6-4-5-11-33-14-28/h7-10,12-13,28H,4-6,11,14H2,1-3H3. The Morgan fingerprint density at radius 1 is 1.14 bits per heavy atom. The van der Waals surface area contributed by atoms with Gasteiger partial charge in [0.1, 0.15) is 12.4 Å². The molecular formula is C23H26ClN3O7S. The molecule has 0 atom stereocenters. The van der Waals surface area contributed by atoms with Crippen molar-refractivity contribution in [3.63, 3.8) is 0 Å². The van der Waals surface area contributed by atoms with E-state index in [1.54, 1.807) is 30.1 Å². The summed E-state index contributed by atoms with van der Waals surface area (Å²) in [5.74, 6) is -1.29. The quantitative estimate of drug-likeness (QED) is 0.176. The fraction of sp³-hybridized carbons (Fsp3) is 0.348. The van der Waals surface area contributed by atoms with E-state index in [1.165, 1.54) is 30.1 Å². The van der Waals surface area contributed by atoms with E-state index in [4.69, 9.17) is 26.2 Å². The summed E-state index contributed by atoms with van der Waals surface area (Å²) in [6.07, 6.45) is 6.96. The Morgan fingerprint density at radius 2 is 1.89 bits per heavy atom. The zero-order valence-electron chi connectivity index (χ0n) is 19.5.